The molecule has 0 aromatic carbocycles. The van der Waals surface area contributed by atoms with Crippen molar-refractivity contribution in [1.82, 2.24) is 5.32 Å². The van der Waals surface area contributed by atoms with E-state index in [4.69, 9.17) is 0 Å². The fourth-order valence-corrected chi connectivity index (χ4v) is 1.15. The van der Waals surface area contributed by atoms with Gasteiger partial charge in [0.15, 0.2) is 0 Å². The Morgan fingerprint density at radius 3 is 2.18 bits per heavy atom. The molecule has 1 aliphatic rings. The molecule has 1 heterocycles. The predicted molar refractivity (Wildman–Crippen MR) is 44.2 cm³/mol. The maximum Gasteiger partial charge on any atom is 0.255 e. The molecular weight excluding hydrogens is 210 g/mol. The molecule has 0 saturated carbocycles. The van der Waals surface area contributed by atoms with Gasteiger partial charge in [0.2, 0.25) is 0 Å². The summed E-state index contributed by atoms with van der Waals surface area (Å²) in [4.78, 5) is 21.7. The second-order valence-electron chi connectivity index (χ2n) is 2.85. The first-order valence-electron chi connectivity index (χ1n) is 3.17. The second-order valence-corrected chi connectivity index (χ2v) is 4.83. The van der Waals surface area contributed by atoms with Crippen LogP contribution in [-0.4, -0.2) is 16.1 Å². The molecule has 1 rings (SSSR count). The number of amides is 2. The van der Waals surface area contributed by atoms with E-state index in [0.717, 1.165) is 0 Å². The zero-order valence-corrected chi connectivity index (χ0v) is 7.86. The molecule has 3 nitrogen and oxygen atoms in total. The fourth-order valence-electron chi connectivity index (χ4n) is 0.854. The SMILES string of the molecule is CC(C)(Br)C1=CC(=O)NC1=O. The normalized spacial score (nSPS) is 18.3. The third-order valence-electron chi connectivity index (χ3n) is 1.40. The number of rotatable bonds is 1. The highest BCUT2D eigenvalue weighted by molar-refractivity contribution is 9.10. The van der Waals surface area contributed by atoms with Gasteiger partial charge in [-0.3, -0.25) is 14.9 Å². The van der Waals surface area contributed by atoms with Crippen LogP contribution in [0, 0.1) is 0 Å². The second kappa shape index (κ2) is 2.44. The van der Waals surface area contributed by atoms with Crippen molar-refractivity contribution in [2.75, 3.05) is 0 Å². The van der Waals surface area contributed by atoms with Crippen LogP contribution in [0.2, 0.25) is 0 Å². The highest BCUT2D eigenvalue weighted by Crippen LogP contribution is 2.27. The zero-order chi connectivity index (χ0) is 8.65. The molecule has 0 saturated heterocycles. The maximum absolute atomic E-state index is 11.0. The summed E-state index contributed by atoms with van der Waals surface area (Å²) in [5, 5.41) is 2.17. The van der Waals surface area contributed by atoms with Crippen molar-refractivity contribution in [2.24, 2.45) is 0 Å². The van der Waals surface area contributed by atoms with Crippen LogP contribution >= 0.6 is 15.9 Å². The zero-order valence-electron chi connectivity index (χ0n) is 6.27. The van der Waals surface area contributed by atoms with E-state index in [1.54, 1.807) is 0 Å². The number of nitrogens with one attached hydrogen (secondary N) is 1. The number of hydrogen-bond donors (Lipinski definition) is 1. The Hall–Kier alpha value is -0.640. The topological polar surface area (TPSA) is 46.2 Å². The Kier molecular flexibility index (Phi) is 1.88. The molecule has 11 heavy (non-hydrogen) atoms. The number of carbonyl (C=O) groups is 2. The van der Waals surface area contributed by atoms with Crippen molar-refractivity contribution in [3.05, 3.63) is 11.6 Å². The summed E-state index contributed by atoms with van der Waals surface area (Å²) in [6, 6.07) is 0. The van der Waals surface area contributed by atoms with Gasteiger partial charge in [-0.1, -0.05) is 15.9 Å². The molecule has 4 heteroatoms. The van der Waals surface area contributed by atoms with E-state index in [2.05, 4.69) is 21.2 Å². The van der Waals surface area contributed by atoms with Gasteiger partial charge in [-0.25, -0.2) is 0 Å². The lowest BCUT2D eigenvalue weighted by Crippen LogP contribution is -2.27. The summed E-state index contributed by atoms with van der Waals surface area (Å²) in [7, 11) is 0. The third kappa shape index (κ3) is 1.68. The average Bonchev–Trinajstić information content (AvgIpc) is 2.08. The van der Waals surface area contributed by atoms with Gasteiger partial charge in [0.25, 0.3) is 11.8 Å². The predicted octanol–water partition coefficient (Wildman–Crippen LogP) is 0.743. The Labute approximate surface area is 73.0 Å². The number of imide groups is 1. The molecule has 0 aliphatic carbocycles. The van der Waals surface area contributed by atoms with Crippen LogP contribution in [-0.2, 0) is 9.59 Å². The molecule has 0 aromatic heterocycles. The van der Waals surface area contributed by atoms with Gasteiger partial charge in [-0.2, -0.15) is 0 Å². The third-order valence-corrected chi connectivity index (χ3v) is 1.82. The average molecular weight is 218 g/mol. The van der Waals surface area contributed by atoms with Crippen molar-refractivity contribution < 1.29 is 9.59 Å². The first-order chi connectivity index (χ1) is 4.91. The van der Waals surface area contributed by atoms with E-state index in [9.17, 15) is 9.59 Å². The van der Waals surface area contributed by atoms with Gasteiger partial charge in [0, 0.05) is 11.6 Å². The number of halogens is 1. The van der Waals surface area contributed by atoms with Gasteiger partial charge >= 0.3 is 0 Å². The summed E-state index contributed by atoms with van der Waals surface area (Å²) < 4.78 is -0.427. The molecule has 0 radical (unpaired) electrons. The Morgan fingerprint density at radius 2 is 2.00 bits per heavy atom. The van der Waals surface area contributed by atoms with E-state index in [0.29, 0.717) is 5.57 Å². The van der Waals surface area contributed by atoms with Crippen molar-refractivity contribution in [1.29, 1.82) is 0 Å². The van der Waals surface area contributed by atoms with Crippen molar-refractivity contribution in [3.8, 4) is 0 Å². The minimum atomic E-state index is -0.427. The molecule has 0 unspecified atom stereocenters. The highest BCUT2D eigenvalue weighted by Gasteiger charge is 2.31. The summed E-state index contributed by atoms with van der Waals surface area (Å²) in [6.07, 6.45) is 1.32. The van der Waals surface area contributed by atoms with Crippen LogP contribution in [0.25, 0.3) is 0 Å². The quantitative estimate of drug-likeness (QED) is 0.521. The minimum Gasteiger partial charge on any atom is -0.289 e. The van der Waals surface area contributed by atoms with E-state index >= 15 is 0 Å². The number of hydrogen-bond acceptors (Lipinski definition) is 2. The van der Waals surface area contributed by atoms with Gasteiger partial charge in [0.1, 0.15) is 0 Å². The van der Waals surface area contributed by atoms with Gasteiger partial charge in [0.05, 0.1) is 4.32 Å². The van der Waals surface area contributed by atoms with Crippen LogP contribution < -0.4 is 5.32 Å². The Morgan fingerprint density at radius 1 is 1.45 bits per heavy atom. The first-order valence-corrected chi connectivity index (χ1v) is 3.97. The van der Waals surface area contributed by atoms with Crippen LogP contribution in [0.1, 0.15) is 13.8 Å². The summed E-state index contributed by atoms with van der Waals surface area (Å²) in [5.41, 5.74) is 0.475. The molecule has 0 aromatic rings. The monoisotopic (exact) mass is 217 g/mol. The molecule has 0 bridgehead atoms. The van der Waals surface area contributed by atoms with Crippen molar-refractivity contribution >= 4 is 27.7 Å². The Balaban J connectivity index is 2.97. The highest BCUT2D eigenvalue weighted by atomic mass is 79.9. The maximum atomic E-state index is 11.0. The minimum absolute atomic E-state index is 0.308. The molecule has 0 spiro atoms. The molecule has 0 fully saturated rings. The van der Waals surface area contributed by atoms with Gasteiger partial charge < -0.3 is 0 Å². The number of alkyl halides is 1. The smallest absolute Gasteiger partial charge is 0.255 e. The summed E-state index contributed by atoms with van der Waals surface area (Å²) >= 11 is 3.29. The molecule has 60 valence electrons. The summed E-state index contributed by atoms with van der Waals surface area (Å²) in [6.45, 7) is 3.63. The molecular formula is C7H8BrNO2. The van der Waals surface area contributed by atoms with Crippen LogP contribution in [0.5, 0.6) is 0 Å². The lowest BCUT2D eigenvalue weighted by Gasteiger charge is -2.14. The van der Waals surface area contributed by atoms with Gasteiger partial charge in [-0.05, 0) is 13.8 Å². The number of carbonyl (C=O) groups excluding carboxylic acids is 2. The molecule has 1 N–H and O–H groups in total. The lowest BCUT2D eigenvalue weighted by atomic mass is 10.0. The summed E-state index contributed by atoms with van der Waals surface area (Å²) in [5.74, 6) is -0.644. The van der Waals surface area contributed by atoms with E-state index in [1.165, 1.54) is 6.08 Å². The Bertz CT molecular complexity index is 250. The van der Waals surface area contributed by atoms with Crippen LogP contribution in [0.15, 0.2) is 11.6 Å². The molecule has 2 amide bonds. The van der Waals surface area contributed by atoms with Crippen LogP contribution in [0.3, 0.4) is 0 Å². The van der Waals surface area contributed by atoms with E-state index in [-0.39, 0.29) is 11.8 Å². The fraction of sp³-hybridized carbons (Fsp3) is 0.429. The van der Waals surface area contributed by atoms with E-state index < -0.39 is 4.32 Å². The first kappa shape index (κ1) is 8.46. The van der Waals surface area contributed by atoms with Crippen molar-refractivity contribution in [2.45, 2.75) is 18.2 Å². The molecule has 0 atom stereocenters. The largest absolute Gasteiger partial charge is 0.289 e. The van der Waals surface area contributed by atoms with Crippen molar-refractivity contribution in [3.63, 3.8) is 0 Å². The van der Waals surface area contributed by atoms with Gasteiger partial charge in [-0.15, -0.1) is 0 Å². The lowest BCUT2D eigenvalue weighted by molar-refractivity contribution is -0.123. The standard InChI is InChI=1S/C7H8BrNO2/c1-7(2,8)4-3-5(10)9-6(4)11/h3H,1-2H3,(H,9,10,11). The van der Waals surface area contributed by atoms with Crippen LogP contribution in [0.4, 0.5) is 0 Å². The molecule has 1 aliphatic heterocycles. The van der Waals surface area contributed by atoms with E-state index in [1.807, 2.05) is 13.8 Å².